The van der Waals surface area contributed by atoms with Gasteiger partial charge in [0.15, 0.2) is 0 Å². The number of thioether (sulfide) groups is 1. The van der Waals surface area contributed by atoms with Crippen LogP contribution in [0.5, 0.6) is 0 Å². The van der Waals surface area contributed by atoms with Crippen molar-refractivity contribution in [3.05, 3.63) is 0 Å². The second-order valence-corrected chi connectivity index (χ2v) is 3.72. The Hall–Kier alpha value is -1.24. The Morgan fingerprint density at radius 2 is 2.36 bits per heavy atom. The molecule has 0 spiro atoms. The number of aliphatic carboxylic acids is 1. The summed E-state index contributed by atoms with van der Waals surface area (Å²) in [5.74, 6) is -0.891. The van der Waals surface area contributed by atoms with Crippen LogP contribution in [0.25, 0.3) is 0 Å². The molecule has 0 bridgehead atoms. The molecule has 14 heavy (non-hydrogen) atoms. The van der Waals surface area contributed by atoms with Gasteiger partial charge in [-0.3, -0.25) is 14.4 Å². The van der Waals surface area contributed by atoms with Crippen molar-refractivity contribution >= 4 is 28.9 Å². The number of carboxylic acids is 1. The monoisotopic (exact) mass is 218 g/mol. The van der Waals surface area contributed by atoms with Gasteiger partial charge in [-0.1, -0.05) is 11.8 Å². The number of carbonyl (C=O) groups excluding carboxylic acids is 2. The fourth-order valence-corrected chi connectivity index (χ4v) is 1.72. The second-order valence-electron chi connectivity index (χ2n) is 2.73. The van der Waals surface area contributed by atoms with E-state index in [0.29, 0.717) is 5.75 Å². The topological polar surface area (TPSA) is 95.5 Å². The maximum atomic E-state index is 11.2. The van der Waals surface area contributed by atoms with Crippen LogP contribution in [0, 0.1) is 0 Å². The first kappa shape index (κ1) is 10.8. The van der Waals surface area contributed by atoms with E-state index >= 15 is 0 Å². The molecule has 1 atom stereocenters. The summed E-state index contributed by atoms with van der Waals surface area (Å²) in [6, 6.07) is -0.527. The summed E-state index contributed by atoms with van der Waals surface area (Å²) >= 11 is 1.05. The van der Waals surface area contributed by atoms with Crippen LogP contribution >= 0.6 is 11.8 Å². The minimum atomic E-state index is -0.963. The van der Waals surface area contributed by atoms with E-state index in [2.05, 4.69) is 10.6 Å². The first-order valence-electron chi connectivity index (χ1n) is 4.02. The van der Waals surface area contributed by atoms with Gasteiger partial charge in [0.1, 0.15) is 6.04 Å². The van der Waals surface area contributed by atoms with E-state index in [1.54, 1.807) is 0 Å². The molecule has 1 heterocycles. The molecule has 78 valence electrons. The van der Waals surface area contributed by atoms with Gasteiger partial charge >= 0.3 is 5.97 Å². The van der Waals surface area contributed by atoms with Crippen LogP contribution in [0.15, 0.2) is 0 Å². The molecule has 1 unspecified atom stereocenters. The average Bonchev–Trinajstić information content (AvgIpc) is 2.51. The van der Waals surface area contributed by atoms with Gasteiger partial charge in [0, 0.05) is 12.3 Å². The molecule has 1 aliphatic rings. The number of carboxylic acid groups (broad SMARTS) is 1. The summed E-state index contributed by atoms with van der Waals surface area (Å²) in [5, 5.41) is 13.0. The van der Waals surface area contributed by atoms with E-state index in [0.717, 1.165) is 11.8 Å². The maximum absolute atomic E-state index is 11.2. The molecular formula is C7H10N2O4S. The summed E-state index contributed by atoms with van der Waals surface area (Å²) in [6.07, 6.45) is -0.112. The van der Waals surface area contributed by atoms with Crippen LogP contribution in [-0.2, 0) is 9.59 Å². The lowest BCUT2D eigenvalue weighted by Crippen LogP contribution is -2.43. The molecule has 0 saturated carbocycles. The number of rotatable bonds is 4. The highest BCUT2D eigenvalue weighted by atomic mass is 32.2. The molecule has 2 amide bonds. The Morgan fingerprint density at radius 3 is 2.86 bits per heavy atom. The highest BCUT2D eigenvalue weighted by Gasteiger charge is 2.27. The summed E-state index contributed by atoms with van der Waals surface area (Å²) < 4.78 is 0. The largest absolute Gasteiger partial charge is 0.481 e. The summed E-state index contributed by atoms with van der Waals surface area (Å²) in [6.45, 7) is 0.0885. The van der Waals surface area contributed by atoms with Gasteiger partial charge in [-0.15, -0.1) is 0 Å². The van der Waals surface area contributed by atoms with Crippen LogP contribution < -0.4 is 10.6 Å². The van der Waals surface area contributed by atoms with Gasteiger partial charge in [0.05, 0.1) is 6.42 Å². The Kier molecular flexibility index (Phi) is 3.75. The zero-order valence-corrected chi connectivity index (χ0v) is 8.10. The highest BCUT2D eigenvalue weighted by Crippen LogP contribution is 2.12. The average molecular weight is 218 g/mol. The number of nitrogens with one attached hydrogen (secondary N) is 2. The Labute approximate surface area is 84.4 Å². The van der Waals surface area contributed by atoms with Crippen LogP contribution in [0.1, 0.15) is 6.42 Å². The first-order valence-corrected chi connectivity index (χ1v) is 5.01. The molecule has 0 aliphatic carbocycles. The van der Waals surface area contributed by atoms with Crippen molar-refractivity contribution in [3.63, 3.8) is 0 Å². The third kappa shape index (κ3) is 3.25. The SMILES string of the molecule is O=C(O)CCNC(=O)C1CSC(=O)N1. The molecule has 3 N–H and O–H groups in total. The van der Waals surface area contributed by atoms with Crippen LogP contribution in [0.2, 0.25) is 0 Å². The normalized spacial score (nSPS) is 20.3. The predicted octanol–water partition coefficient (Wildman–Crippen LogP) is -0.598. The van der Waals surface area contributed by atoms with Gasteiger partial charge in [0.2, 0.25) is 5.91 Å². The molecule has 1 saturated heterocycles. The van der Waals surface area contributed by atoms with Crippen LogP contribution in [0.4, 0.5) is 4.79 Å². The summed E-state index contributed by atoms with van der Waals surface area (Å²) in [7, 11) is 0. The predicted molar refractivity (Wildman–Crippen MR) is 50.0 cm³/mol. The first-order chi connectivity index (χ1) is 6.59. The van der Waals surface area contributed by atoms with Crippen LogP contribution in [-0.4, -0.2) is 40.6 Å². The van der Waals surface area contributed by atoms with Gasteiger partial charge in [0.25, 0.3) is 5.24 Å². The minimum absolute atomic E-state index is 0.0885. The van der Waals surface area contributed by atoms with Gasteiger partial charge in [-0.2, -0.15) is 0 Å². The van der Waals surface area contributed by atoms with E-state index in [4.69, 9.17) is 5.11 Å². The number of hydrogen-bond acceptors (Lipinski definition) is 4. The van der Waals surface area contributed by atoms with Gasteiger partial charge in [-0.25, -0.2) is 0 Å². The summed E-state index contributed by atoms with van der Waals surface area (Å²) in [5.41, 5.74) is 0. The van der Waals surface area contributed by atoms with Crippen molar-refractivity contribution < 1.29 is 19.5 Å². The lowest BCUT2D eigenvalue weighted by molar-refractivity contribution is -0.136. The fourth-order valence-electron chi connectivity index (χ4n) is 0.942. The molecule has 0 aromatic carbocycles. The molecule has 1 rings (SSSR count). The van der Waals surface area contributed by atoms with Crippen molar-refractivity contribution in [1.82, 2.24) is 10.6 Å². The molecule has 0 aromatic heterocycles. The number of amides is 2. The molecular weight excluding hydrogens is 208 g/mol. The van der Waals surface area contributed by atoms with E-state index in [1.165, 1.54) is 0 Å². The van der Waals surface area contributed by atoms with Crippen molar-refractivity contribution in [2.24, 2.45) is 0 Å². The second kappa shape index (κ2) is 4.85. The van der Waals surface area contributed by atoms with Crippen LogP contribution in [0.3, 0.4) is 0 Å². The molecule has 6 nitrogen and oxygen atoms in total. The number of hydrogen-bond donors (Lipinski definition) is 3. The van der Waals surface area contributed by atoms with Gasteiger partial charge in [-0.05, 0) is 0 Å². The zero-order valence-electron chi connectivity index (χ0n) is 7.28. The quantitative estimate of drug-likeness (QED) is 0.585. The molecule has 0 aromatic rings. The van der Waals surface area contributed by atoms with Crippen molar-refractivity contribution in [3.8, 4) is 0 Å². The van der Waals surface area contributed by atoms with E-state index in [1.807, 2.05) is 0 Å². The lowest BCUT2D eigenvalue weighted by atomic mass is 10.3. The fraction of sp³-hybridized carbons (Fsp3) is 0.571. The van der Waals surface area contributed by atoms with E-state index in [-0.39, 0.29) is 24.1 Å². The Morgan fingerprint density at radius 1 is 1.64 bits per heavy atom. The van der Waals surface area contributed by atoms with Gasteiger partial charge < -0.3 is 15.7 Å². The van der Waals surface area contributed by atoms with Crippen molar-refractivity contribution in [1.29, 1.82) is 0 Å². The Bertz CT molecular complexity index is 268. The number of carbonyl (C=O) groups is 3. The standard InChI is InChI=1S/C7H10N2O4S/c10-5(11)1-2-8-6(12)4-3-14-7(13)9-4/h4H,1-3H2,(H,8,12)(H,9,13)(H,10,11). The molecule has 7 heteroatoms. The minimum Gasteiger partial charge on any atom is -0.481 e. The van der Waals surface area contributed by atoms with E-state index < -0.39 is 12.0 Å². The molecule has 1 fully saturated rings. The summed E-state index contributed by atoms with van der Waals surface area (Å²) in [4.78, 5) is 32.1. The highest BCUT2D eigenvalue weighted by molar-refractivity contribution is 8.14. The third-order valence-corrected chi connectivity index (χ3v) is 2.51. The van der Waals surface area contributed by atoms with E-state index in [9.17, 15) is 14.4 Å². The van der Waals surface area contributed by atoms with Crippen molar-refractivity contribution in [2.45, 2.75) is 12.5 Å². The maximum Gasteiger partial charge on any atom is 0.305 e. The zero-order chi connectivity index (χ0) is 10.6. The Balaban J connectivity index is 2.22. The lowest BCUT2D eigenvalue weighted by Gasteiger charge is -2.08. The smallest absolute Gasteiger partial charge is 0.305 e. The third-order valence-electron chi connectivity index (χ3n) is 1.63. The molecule has 1 aliphatic heterocycles. The molecule has 0 radical (unpaired) electrons. The van der Waals surface area contributed by atoms with Crippen molar-refractivity contribution in [2.75, 3.05) is 12.3 Å².